The third-order valence-corrected chi connectivity index (χ3v) is 5.86. The van der Waals surface area contributed by atoms with Crippen molar-refractivity contribution in [3.05, 3.63) is 87.9 Å². The van der Waals surface area contributed by atoms with Crippen LogP contribution in [0.25, 0.3) is 0 Å². The molecule has 2 N–H and O–H groups in total. The number of nitrogens with zero attached hydrogens (tertiary/aromatic N) is 1. The summed E-state index contributed by atoms with van der Waals surface area (Å²) >= 11 is 3.50. The van der Waals surface area contributed by atoms with Gasteiger partial charge >= 0.3 is 0 Å². The summed E-state index contributed by atoms with van der Waals surface area (Å²) in [5.74, 6) is 1.45. The molecule has 4 rings (SSSR count). The van der Waals surface area contributed by atoms with Gasteiger partial charge in [0, 0.05) is 28.2 Å². The fourth-order valence-electron chi connectivity index (χ4n) is 3.79. The highest BCUT2D eigenvalue weighted by Crippen LogP contribution is 2.39. The predicted octanol–water partition coefficient (Wildman–Crippen LogP) is 5.78. The van der Waals surface area contributed by atoms with E-state index in [0.29, 0.717) is 18.8 Å². The fraction of sp³-hybridized carbons (Fsp3) is 0.240. The van der Waals surface area contributed by atoms with Gasteiger partial charge in [-0.15, -0.1) is 0 Å². The van der Waals surface area contributed by atoms with E-state index in [4.69, 9.17) is 14.5 Å². The van der Waals surface area contributed by atoms with Gasteiger partial charge in [-0.3, -0.25) is 10.3 Å². The molecule has 31 heavy (non-hydrogen) atoms. The second-order valence-electron chi connectivity index (χ2n) is 7.31. The van der Waals surface area contributed by atoms with Crippen molar-refractivity contribution in [1.29, 1.82) is 0 Å². The average Bonchev–Trinajstić information content (AvgIpc) is 2.81. The second-order valence-corrected chi connectivity index (χ2v) is 8.23. The van der Waals surface area contributed by atoms with Gasteiger partial charge in [0.15, 0.2) is 11.5 Å². The van der Waals surface area contributed by atoms with Gasteiger partial charge in [-0.25, -0.2) is 0 Å². The van der Waals surface area contributed by atoms with E-state index in [1.165, 1.54) is 0 Å². The van der Waals surface area contributed by atoms with Crippen LogP contribution in [0.15, 0.2) is 76.2 Å². The summed E-state index contributed by atoms with van der Waals surface area (Å²) in [5, 5.41) is 14.5. The Bertz CT molecular complexity index is 1080. The molecule has 2 atom stereocenters. The molecule has 5 nitrogen and oxygen atoms in total. The zero-order valence-electron chi connectivity index (χ0n) is 17.5. The number of aromatic hydroxyl groups is 1. The molecule has 0 amide bonds. The number of hydrogen-bond donors (Lipinski definition) is 2. The number of halogens is 1. The first-order chi connectivity index (χ1) is 15.1. The van der Waals surface area contributed by atoms with Crippen molar-refractivity contribution in [3.63, 3.8) is 0 Å². The number of methoxy groups -OCH3 is 1. The highest BCUT2D eigenvalue weighted by Gasteiger charge is 2.28. The molecule has 0 saturated carbocycles. The summed E-state index contributed by atoms with van der Waals surface area (Å²) in [6.07, 6.45) is 0.381. The van der Waals surface area contributed by atoms with E-state index >= 15 is 0 Å². The molecule has 0 radical (unpaired) electrons. The molecule has 0 fully saturated rings. The summed E-state index contributed by atoms with van der Waals surface area (Å²) < 4.78 is 12.0. The third-order valence-electron chi connectivity index (χ3n) is 5.34. The first-order valence-electron chi connectivity index (χ1n) is 10.3. The largest absolute Gasteiger partial charge is 0.504 e. The van der Waals surface area contributed by atoms with E-state index in [0.717, 1.165) is 32.6 Å². The van der Waals surface area contributed by atoms with E-state index in [-0.39, 0.29) is 18.0 Å². The number of rotatable bonds is 6. The quantitative estimate of drug-likeness (QED) is 0.468. The van der Waals surface area contributed by atoms with Gasteiger partial charge < -0.3 is 14.6 Å². The lowest BCUT2D eigenvalue weighted by Crippen LogP contribution is -2.33. The minimum absolute atomic E-state index is 0.132. The van der Waals surface area contributed by atoms with Crippen molar-refractivity contribution in [3.8, 4) is 17.2 Å². The number of hydrogen-bond acceptors (Lipinski definition) is 5. The van der Waals surface area contributed by atoms with Crippen LogP contribution in [0, 0.1) is 0 Å². The number of nitrogens with one attached hydrogen (secondary N) is 1. The van der Waals surface area contributed by atoms with Crippen LogP contribution in [0.2, 0.25) is 0 Å². The molecule has 1 aliphatic heterocycles. The Morgan fingerprint density at radius 1 is 1.10 bits per heavy atom. The molecular weight excluding hydrogens is 456 g/mol. The van der Waals surface area contributed by atoms with Crippen LogP contribution in [-0.2, 0) is 0 Å². The Hall–Kier alpha value is -2.83. The molecule has 6 heteroatoms. The lowest BCUT2D eigenvalue weighted by Gasteiger charge is -2.31. The number of phenols is 1. The van der Waals surface area contributed by atoms with Gasteiger partial charge in [-0.05, 0) is 48.4 Å². The van der Waals surface area contributed by atoms with E-state index in [1.54, 1.807) is 13.2 Å². The highest BCUT2D eigenvalue weighted by atomic mass is 79.9. The van der Waals surface area contributed by atoms with Gasteiger partial charge in [0.1, 0.15) is 11.9 Å². The first-order valence-corrected chi connectivity index (χ1v) is 11.1. The van der Waals surface area contributed by atoms with Crippen molar-refractivity contribution in [2.24, 2.45) is 4.99 Å². The van der Waals surface area contributed by atoms with Gasteiger partial charge in [0.05, 0.1) is 13.7 Å². The van der Waals surface area contributed by atoms with Crippen LogP contribution in [0.3, 0.4) is 0 Å². The number of benzene rings is 3. The van der Waals surface area contributed by atoms with Crippen molar-refractivity contribution >= 4 is 21.6 Å². The van der Waals surface area contributed by atoms with Gasteiger partial charge in [0.25, 0.3) is 0 Å². The summed E-state index contributed by atoms with van der Waals surface area (Å²) in [5.41, 5.74) is 3.81. The Kier molecular flexibility index (Phi) is 6.59. The Morgan fingerprint density at radius 3 is 2.61 bits per heavy atom. The minimum atomic E-state index is -0.247. The molecule has 3 aromatic rings. The van der Waals surface area contributed by atoms with Gasteiger partial charge in [-0.1, -0.05) is 52.3 Å². The van der Waals surface area contributed by atoms with Crippen LogP contribution >= 0.6 is 15.9 Å². The van der Waals surface area contributed by atoms with Crippen LogP contribution in [0.1, 0.15) is 42.2 Å². The van der Waals surface area contributed by atoms with Gasteiger partial charge in [-0.2, -0.15) is 0 Å². The zero-order chi connectivity index (χ0) is 21.8. The van der Waals surface area contributed by atoms with Crippen LogP contribution < -0.4 is 14.8 Å². The zero-order valence-corrected chi connectivity index (χ0v) is 19.1. The summed E-state index contributed by atoms with van der Waals surface area (Å²) in [7, 11) is 1.66. The molecule has 0 spiro atoms. The lowest BCUT2D eigenvalue weighted by molar-refractivity contribution is 0.313. The molecule has 0 saturated heterocycles. The number of para-hydroxylation sites is 1. The normalized spacial score (nSPS) is 18.4. The Labute approximate surface area is 190 Å². The molecular formula is C25H25BrN2O3. The SMILES string of the molecule is CCOc1cccc([C@@H]2CC(c3cccc(OC)c3)=N[C@H](c3ccc(Br)cc3)N2)c1O. The van der Waals surface area contributed by atoms with Crippen molar-refractivity contribution in [2.45, 2.75) is 25.6 Å². The van der Waals surface area contributed by atoms with E-state index in [1.807, 2.05) is 67.6 Å². The van der Waals surface area contributed by atoms with Crippen molar-refractivity contribution in [1.82, 2.24) is 5.32 Å². The summed E-state index contributed by atoms with van der Waals surface area (Å²) in [6, 6.07) is 21.5. The summed E-state index contributed by atoms with van der Waals surface area (Å²) in [4.78, 5) is 5.01. The number of ether oxygens (including phenoxy) is 2. The van der Waals surface area contributed by atoms with Crippen LogP contribution in [0.4, 0.5) is 0 Å². The molecule has 160 valence electrons. The molecule has 0 bridgehead atoms. The van der Waals surface area contributed by atoms with E-state index in [2.05, 4.69) is 21.2 Å². The fourth-order valence-corrected chi connectivity index (χ4v) is 4.06. The third kappa shape index (κ3) is 4.75. The molecule has 1 aliphatic rings. The molecule has 0 unspecified atom stereocenters. The standard InChI is InChI=1S/C25H25BrN2O3/c1-3-31-23-9-5-8-20(24(23)29)22-15-21(17-6-4-7-19(14-17)30-2)27-25(28-22)16-10-12-18(26)13-11-16/h4-14,22,25,28-29H,3,15H2,1-2H3/t22-,25-/m0/s1. The van der Waals surface area contributed by atoms with E-state index < -0.39 is 0 Å². The second kappa shape index (κ2) is 9.54. The minimum Gasteiger partial charge on any atom is -0.504 e. The Balaban J connectivity index is 1.75. The molecule has 1 heterocycles. The highest BCUT2D eigenvalue weighted by molar-refractivity contribution is 9.10. The average molecular weight is 481 g/mol. The van der Waals surface area contributed by atoms with Crippen LogP contribution in [0.5, 0.6) is 17.2 Å². The van der Waals surface area contributed by atoms with E-state index in [9.17, 15) is 5.11 Å². The summed E-state index contributed by atoms with van der Waals surface area (Å²) in [6.45, 7) is 2.40. The number of phenolic OH excluding ortho intramolecular Hbond substituents is 1. The van der Waals surface area contributed by atoms with Gasteiger partial charge in [0.2, 0.25) is 0 Å². The maximum atomic E-state index is 10.9. The lowest BCUT2D eigenvalue weighted by atomic mass is 9.93. The first kappa shape index (κ1) is 21.4. The van der Waals surface area contributed by atoms with Crippen LogP contribution in [-0.4, -0.2) is 24.5 Å². The predicted molar refractivity (Wildman–Crippen MR) is 126 cm³/mol. The smallest absolute Gasteiger partial charge is 0.162 e. The molecule has 0 aliphatic carbocycles. The van der Waals surface area contributed by atoms with Crippen molar-refractivity contribution < 1.29 is 14.6 Å². The maximum Gasteiger partial charge on any atom is 0.162 e. The molecule has 3 aromatic carbocycles. The molecule has 0 aromatic heterocycles. The maximum absolute atomic E-state index is 10.9. The Morgan fingerprint density at radius 2 is 1.87 bits per heavy atom. The topological polar surface area (TPSA) is 63.1 Å². The van der Waals surface area contributed by atoms with Crippen molar-refractivity contribution in [2.75, 3.05) is 13.7 Å². The number of aliphatic imine (C=N–C) groups is 1. The monoisotopic (exact) mass is 480 g/mol.